The number of anilines is 1. The molecule has 0 saturated carbocycles. The molecule has 0 amide bonds. The van der Waals surface area contributed by atoms with Crippen LogP contribution in [0.25, 0.3) is 0 Å². The van der Waals surface area contributed by atoms with Crippen LogP contribution in [-0.4, -0.2) is 26.7 Å². The Hall–Kier alpha value is -1.99. The first-order valence-corrected chi connectivity index (χ1v) is 10.9. The van der Waals surface area contributed by atoms with Gasteiger partial charge in [-0.1, -0.05) is 0 Å². The van der Waals surface area contributed by atoms with E-state index in [0.717, 1.165) is 10.9 Å². The van der Waals surface area contributed by atoms with Crippen molar-refractivity contribution in [2.45, 2.75) is 52.6 Å². The van der Waals surface area contributed by atoms with Crippen LogP contribution in [-0.2, 0) is 0 Å². The van der Waals surface area contributed by atoms with Gasteiger partial charge in [0.15, 0.2) is 0 Å². The van der Waals surface area contributed by atoms with Crippen molar-refractivity contribution in [3.8, 4) is 10.7 Å². The summed E-state index contributed by atoms with van der Waals surface area (Å²) in [7, 11) is 0. The topological polar surface area (TPSA) is 15.6 Å². The molecular weight excluding hydrogens is 377 g/mol. The standard InChI is InChI=1S/C23H28GeN2/c1-22(2,3)25-20-15-11-8-12-16-21(20)26(23(4,5)6)24-18-17-19-13-9-7-10-14-19/h7-16H,1-6H3. The third-order valence-corrected chi connectivity index (χ3v) is 6.39. The van der Waals surface area contributed by atoms with Gasteiger partial charge in [-0.05, 0) is 0 Å². The van der Waals surface area contributed by atoms with Gasteiger partial charge >= 0.3 is 165 Å². The maximum atomic E-state index is 4.96. The van der Waals surface area contributed by atoms with E-state index >= 15 is 0 Å². The Balaban J connectivity index is 2.48. The van der Waals surface area contributed by atoms with Gasteiger partial charge in [-0.2, -0.15) is 0 Å². The van der Waals surface area contributed by atoms with E-state index in [9.17, 15) is 0 Å². The van der Waals surface area contributed by atoms with Crippen LogP contribution in [0.15, 0.2) is 65.7 Å². The molecule has 0 aliphatic carbocycles. The van der Waals surface area contributed by atoms with Crippen molar-refractivity contribution in [3.63, 3.8) is 0 Å². The molecule has 0 aliphatic rings. The number of nitrogens with zero attached hydrogens (tertiary/aromatic N) is 2. The molecule has 2 aromatic rings. The molecule has 0 heterocycles. The van der Waals surface area contributed by atoms with E-state index in [2.05, 4.69) is 98.5 Å². The fourth-order valence-corrected chi connectivity index (χ4v) is 4.45. The molecule has 0 spiro atoms. The van der Waals surface area contributed by atoms with Crippen LogP contribution in [0.2, 0.25) is 0 Å². The molecule has 2 aromatic carbocycles. The van der Waals surface area contributed by atoms with E-state index in [1.54, 1.807) is 0 Å². The van der Waals surface area contributed by atoms with Crippen molar-refractivity contribution in [3.05, 3.63) is 71.6 Å². The Morgan fingerprint density at radius 2 is 1.38 bits per heavy atom. The summed E-state index contributed by atoms with van der Waals surface area (Å²) in [6, 6.07) is 20.7. The Bertz CT molecular complexity index is 847. The van der Waals surface area contributed by atoms with Gasteiger partial charge < -0.3 is 0 Å². The third-order valence-electron chi connectivity index (χ3n) is 3.51. The monoisotopic (exact) mass is 406 g/mol. The fourth-order valence-electron chi connectivity index (χ4n) is 2.44. The van der Waals surface area contributed by atoms with Crippen LogP contribution in [0.4, 0.5) is 5.69 Å². The Labute approximate surface area is 165 Å². The zero-order valence-corrected chi connectivity index (χ0v) is 18.8. The second-order valence-electron chi connectivity index (χ2n) is 8.20. The second-order valence-corrected chi connectivity index (χ2v) is 10.1. The SMILES string of the molecule is CC(C)(C)N=c1cccccc1[N]([Ge][C]#Cc1ccccc1)C(C)(C)C. The summed E-state index contributed by atoms with van der Waals surface area (Å²) >= 11 is -0.667. The third kappa shape index (κ3) is 6.39. The van der Waals surface area contributed by atoms with E-state index in [0.29, 0.717) is 0 Å². The van der Waals surface area contributed by atoms with Gasteiger partial charge in [0.25, 0.3) is 0 Å². The Morgan fingerprint density at radius 3 is 1.96 bits per heavy atom. The predicted octanol–water partition coefficient (Wildman–Crippen LogP) is 4.62. The molecular formula is C23H28GeN2. The van der Waals surface area contributed by atoms with Crippen molar-refractivity contribution < 1.29 is 0 Å². The van der Waals surface area contributed by atoms with Crippen LogP contribution in [0.3, 0.4) is 0 Å². The summed E-state index contributed by atoms with van der Waals surface area (Å²) < 4.78 is 5.92. The first kappa shape index (κ1) is 20.3. The van der Waals surface area contributed by atoms with Crippen LogP contribution < -0.4 is 9.21 Å². The van der Waals surface area contributed by atoms with Gasteiger partial charge in [-0.15, -0.1) is 0 Å². The summed E-state index contributed by atoms with van der Waals surface area (Å²) in [5.74, 6) is 3.33. The molecule has 0 saturated heterocycles. The van der Waals surface area contributed by atoms with E-state index < -0.39 is 15.7 Å². The van der Waals surface area contributed by atoms with Gasteiger partial charge in [0.2, 0.25) is 0 Å². The van der Waals surface area contributed by atoms with Crippen molar-refractivity contribution >= 4 is 21.3 Å². The molecule has 2 radical (unpaired) electrons. The number of hydrogen-bond acceptors (Lipinski definition) is 2. The molecule has 3 heteroatoms. The van der Waals surface area contributed by atoms with E-state index in [1.165, 1.54) is 5.69 Å². The minimum atomic E-state index is -0.667. The van der Waals surface area contributed by atoms with Gasteiger partial charge in [0, 0.05) is 0 Å². The van der Waals surface area contributed by atoms with Gasteiger partial charge in [0.1, 0.15) is 0 Å². The van der Waals surface area contributed by atoms with Gasteiger partial charge in [0.05, 0.1) is 0 Å². The van der Waals surface area contributed by atoms with Crippen molar-refractivity contribution in [2.24, 2.45) is 4.99 Å². The van der Waals surface area contributed by atoms with Crippen LogP contribution in [0, 0.1) is 10.7 Å². The minimum absolute atomic E-state index is 0.0120. The Morgan fingerprint density at radius 1 is 0.808 bits per heavy atom. The number of hydrogen-bond donors (Lipinski definition) is 0. The van der Waals surface area contributed by atoms with E-state index in [4.69, 9.17) is 4.99 Å². The zero-order valence-electron chi connectivity index (χ0n) is 16.7. The van der Waals surface area contributed by atoms with Gasteiger partial charge in [-0.3, -0.25) is 0 Å². The van der Waals surface area contributed by atoms with Crippen LogP contribution in [0.1, 0.15) is 47.1 Å². The average Bonchev–Trinajstić information content (AvgIpc) is 2.75. The molecule has 0 atom stereocenters. The average molecular weight is 405 g/mol. The second kappa shape index (κ2) is 8.60. The van der Waals surface area contributed by atoms with Crippen molar-refractivity contribution in [1.82, 2.24) is 0 Å². The molecule has 0 N–H and O–H groups in total. The fraction of sp³-hybridized carbons (Fsp3) is 0.348. The van der Waals surface area contributed by atoms with E-state index in [-0.39, 0.29) is 11.1 Å². The normalized spacial score (nSPS) is 12.3. The van der Waals surface area contributed by atoms with E-state index in [1.807, 2.05) is 18.2 Å². The summed E-state index contributed by atoms with van der Waals surface area (Å²) in [4.78, 5) is 4.96. The van der Waals surface area contributed by atoms with Gasteiger partial charge in [-0.25, -0.2) is 0 Å². The van der Waals surface area contributed by atoms with Crippen molar-refractivity contribution in [2.75, 3.05) is 3.86 Å². The maximum absolute atomic E-state index is 4.96. The molecule has 0 unspecified atom stereocenters. The molecule has 2 nitrogen and oxygen atoms in total. The quantitative estimate of drug-likeness (QED) is 0.526. The molecule has 2 rings (SSSR count). The molecule has 0 fully saturated rings. The summed E-state index contributed by atoms with van der Waals surface area (Å²) in [6.07, 6.45) is 0. The molecule has 26 heavy (non-hydrogen) atoms. The zero-order chi connectivity index (χ0) is 19.2. The number of rotatable bonds is 2. The molecule has 0 bridgehead atoms. The molecule has 134 valence electrons. The number of benzene rings is 1. The summed E-state index contributed by atoms with van der Waals surface area (Å²) in [5.41, 5.74) is 2.10. The van der Waals surface area contributed by atoms with Crippen molar-refractivity contribution in [1.29, 1.82) is 0 Å². The Kier molecular flexibility index (Phi) is 6.72. The van der Waals surface area contributed by atoms with Crippen LogP contribution >= 0.6 is 0 Å². The first-order chi connectivity index (χ1) is 12.2. The predicted molar refractivity (Wildman–Crippen MR) is 113 cm³/mol. The summed E-state index contributed by atoms with van der Waals surface area (Å²) in [6.45, 7) is 13.1. The molecule has 0 aromatic heterocycles. The summed E-state index contributed by atoms with van der Waals surface area (Å²) in [5, 5.41) is 1.03. The first-order valence-electron chi connectivity index (χ1n) is 8.94. The van der Waals surface area contributed by atoms with Crippen LogP contribution in [0.5, 0.6) is 0 Å². The molecule has 0 aliphatic heterocycles.